The third-order valence-corrected chi connectivity index (χ3v) is 4.04. The van der Waals surface area contributed by atoms with Crippen LogP contribution in [-0.4, -0.2) is 9.97 Å². The van der Waals surface area contributed by atoms with Crippen molar-refractivity contribution in [1.82, 2.24) is 9.97 Å². The Morgan fingerprint density at radius 3 is 2.67 bits per heavy atom. The zero-order valence-corrected chi connectivity index (χ0v) is 12.1. The van der Waals surface area contributed by atoms with E-state index in [1.165, 1.54) is 4.88 Å². The lowest BCUT2D eigenvalue weighted by Crippen LogP contribution is -2.09. The van der Waals surface area contributed by atoms with Crippen LogP contribution in [0.5, 0.6) is 0 Å². The third kappa shape index (κ3) is 2.73. The number of pyridine rings is 1. The highest BCUT2D eigenvalue weighted by Gasteiger charge is 2.14. The zero-order valence-electron chi connectivity index (χ0n) is 10.5. The molecule has 0 bridgehead atoms. The van der Waals surface area contributed by atoms with Crippen molar-refractivity contribution in [1.29, 1.82) is 0 Å². The van der Waals surface area contributed by atoms with Gasteiger partial charge >= 0.3 is 0 Å². The maximum atomic E-state index is 5.87. The summed E-state index contributed by atoms with van der Waals surface area (Å²) in [6, 6.07) is 3.52. The number of anilines is 2. The third-order valence-electron chi connectivity index (χ3n) is 2.58. The first-order chi connectivity index (χ1) is 8.47. The molecule has 0 aromatic carbocycles. The van der Waals surface area contributed by atoms with Crippen LogP contribution in [0.25, 0.3) is 0 Å². The molecule has 0 fully saturated rings. The molecule has 0 aliphatic rings. The molecular formula is C12H15ClN4S. The van der Waals surface area contributed by atoms with Crippen LogP contribution in [0.2, 0.25) is 5.15 Å². The Labute approximate surface area is 115 Å². The number of aromatic nitrogens is 2. The summed E-state index contributed by atoms with van der Waals surface area (Å²) < 4.78 is 0. The van der Waals surface area contributed by atoms with Gasteiger partial charge in [-0.1, -0.05) is 11.6 Å². The van der Waals surface area contributed by atoms with E-state index in [1.54, 1.807) is 23.5 Å². The molecule has 2 rings (SSSR count). The average Bonchev–Trinajstić information content (AvgIpc) is 2.63. The van der Waals surface area contributed by atoms with E-state index < -0.39 is 0 Å². The average molecular weight is 283 g/mol. The lowest BCUT2D eigenvalue weighted by Gasteiger charge is -2.15. The highest BCUT2D eigenvalue weighted by molar-refractivity contribution is 7.11. The molecule has 1 unspecified atom stereocenters. The predicted octanol–water partition coefficient (Wildman–Crippen LogP) is 3.56. The second-order valence-corrected chi connectivity index (χ2v) is 5.74. The SMILES string of the molecule is Cc1nc(C)c(C(C)Nc2nc(Cl)ccc2N)s1. The maximum Gasteiger partial charge on any atom is 0.151 e. The van der Waals surface area contributed by atoms with Crippen molar-refractivity contribution in [2.24, 2.45) is 0 Å². The minimum absolute atomic E-state index is 0.101. The minimum atomic E-state index is 0.101. The summed E-state index contributed by atoms with van der Waals surface area (Å²) in [7, 11) is 0. The summed E-state index contributed by atoms with van der Waals surface area (Å²) in [6.07, 6.45) is 0. The molecule has 0 spiro atoms. The van der Waals surface area contributed by atoms with Crippen LogP contribution >= 0.6 is 22.9 Å². The molecule has 18 heavy (non-hydrogen) atoms. The van der Waals surface area contributed by atoms with Gasteiger partial charge in [-0.25, -0.2) is 9.97 Å². The highest BCUT2D eigenvalue weighted by atomic mass is 35.5. The number of aryl methyl sites for hydroxylation is 2. The van der Waals surface area contributed by atoms with Gasteiger partial charge in [0, 0.05) is 4.88 Å². The van der Waals surface area contributed by atoms with Gasteiger partial charge in [0.05, 0.1) is 22.4 Å². The van der Waals surface area contributed by atoms with Crippen LogP contribution in [0.1, 0.15) is 28.5 Å². The first-order valence-electron chi connectivity index (χ1n) is 5.60. The van der Waals surface area contributed by atoms with Gasteiger partial charge in [0.25, 0.3) is 0 Å². The largest absolute Gasteiger partial charge is 0.396 e. The van der Waals surface area contributed by atoms with E-state index in [0.29, 0.717) is 16.7 Å². The van der Waals surface area contributed by atoms with Crippen molar-refractivity contribution in [3.8, 4) is 0 Å². The first-order valence-corrected chi connectivity index (χ1v) is 6.79. The fourth-order valence-electron chi connectivity index (χ4n) is 1.78. The van der Waals surface area contributed by atoms with Crippen molar-refractivity contribution in [3.63, 3.8) is 0 Å². The Bertz CT molecular complexity index is 567. The number of hydrogen-bond donors (Lipinski definition) is 2. The Kier molecular flexibility index (Phi) is 3.73. The van der Waals surface area contributed by atoms with E-state index in [1.807, 2.05) is 13.8 Å². The summed E-state index contributed by atoms with van der Waals surface area (Å²) in [5, 5.41) is 4.76. The Hall–Kier alpha value is -1.33. The van der Waals surface area contributed by atoms with Gasteiger partial charge in [-0.3, -0.25) is 0 Å². The second kappa shape index (κ2) is 5.12. The molecule has 6 heteroatoms. The van der Waals surface area contributed by atoms with Gasteiger partial charge in [0.2, 0.25) is 0 Å². The summed E-state index contributed by atoms with van der Waals surface area (Å²) in [4.78, 5) is 9.79. The Balaban J connectivity index is 2.23. The molecule has 2 aromatic heterocycles. The monoisotopic (exact) mass is 282 g/mol. The van der Waals surface area contributed by atoms with E-state index in [0.717, 1.165) is 10.7 Å². The fourth-order valence-corrected chi connectivity index (χ4v) is 2.86. The zero-order chi connectivity index (χ0) is 13.3. The number of hydrogen-bond acceptors (Lipinski definition) is 5. The summed E-state index contributed by atoms with van der Waals surface area (Å²) in [5.41, 5.74) is 7.49. The standard InChI is InChI=1S/C12H15ClN4S/c1-6-11(18-8(3)15-6)7(2)16-12-9(14)4-5-10(13)17-12/h4-5,7H,14H2,1-3H3,(H,16,17). The van der Waals surface area contributed by atoms with E-state index in [9.17, 15) is 0 Å². The lowest BCUT2D eigenvalue weighted by molar-refractivity contribution is 0.881. The van der Waals surface area contributed by atoms with E-state index in [2.05, 4.69) is 22.2 Å². The Morgan fingerprint density at radius 1 is 1.33 bits per heavy atom. The van der Waals surface area contributed by atoms with Crippen molar-refractivity contribution in [2.75, 3.05) is 11.1 Å². The minimum Gasteiger partial charge on any atom is -0.396 e. The van der Waals surface area contributed by atoms with Crippen LogP contribution < -0.4 is 11.1 Å². The number of nitrogens with zero attached hydrogens (tertiary/aromatic N) is 2. The molecule has 0 radical (unpaired) electrons. The molecule has 0 saturated heterocycles. The molecule has 3 N–H and O–H groups in total. The predicted molar refractivity (Wildman–Crippen MR) is 77.3 cm³/mol. The van der Waals surface area contributed by atoms with Crippen LogP contribution in [0.3, 0.4) is 0 Å². The molecule has 0 saturated carbocycles. The van der Waals surface area contributed by atoms with Gasteiger partial charge in [-0.2, -0.15) is 0 Å². The number of rotatable bonds is 3. The summed E-state index contributed by atoms with van der Waals surface area (Å²) in [5.74, 6) is 0.612. The fraction of sp³-hybridized carbons (Fsp3) is 0.333. The van der Waals surface area contributed by atoms with E-state index in [4.69, 9.17) is 17.3 Å². The maximum absolute atomic E-state index is 5.87. The van der Waals surface area contributed by atoms with Gasteiger partial charge in [0.15, 0.2) is 5.82 Å². The smallest absolute Gasteiger partial charge is 0.151 e. The van der Waals surface area contributed by atoms with Gasteiger partial charge < -0.3 is 11.1 Å². The first kappa shape index (κ1) is 13.1. The Morgan fingerprint density at radius 2 is 2.06 bits per heavy atom. The quantitative estimate of drug-likeness (QED) is 0.845. The van der Waals surface area contributed by atoms with Gasteiger partial charge in [0.1, 0.15) is 5.15 Å². The molecular weight excluding hydrogens is 268 g/mol. The molecule has 0 aliphatic carbocycles. The molecule has 4 nitrogen and oxygen atoms in total. The van der Waals surface area contributed by atoms with Crippen LogP contribution in [0.4, 0.5) is 11.5 Å². The second-order valence-electron chi connectivity index (χ2n) is 4.12. The molecule has 2 heterocycles. The van der Waals surface area contributed by atoms with Crippen molar-refractivity contribution < 1.29 is 0 Å². The lowest BCUT2D eigenvalue weighted by atomic mass is 10.2. The van der Waals surface area contributed by atoms with Crippen LogP contribution in [0.15, 0.2) is 12.1 Å². The normalized spacial score (nSPS) is 12.4. The number of nitrogen functional groups attached to an aromatic ring is 1. The highest BCUT2D eigenvalue weighted by Crippen LogP contribution is 2.29. The molecule has 2 aromatic rings. The van der Waals surface area contributed by atoms with Gasteiger partial charge in [-0.05, 0) is 32.9 Å². The van der Waals surface area contributed by atoms with Crippen molar-refractivity contribution in [2.45, 2.75) is 26.8 Å². The molecule has 1 atom stereocenters. The van der Waals surface area contributed by atoms with E-state index >= 15 is 0 Å². The van der Waals surface area contributed by atoms with Crippen molar-refractivity contribution in [3.05, 3.63) is 32.9 Å². The summed E-state index contributed by atoms with van der Waals surface area (Å²) >= 11 is 7.54. The number of nitrogens with two attached hydrogens (primary N) is 1. The van der Waals surface area contributed by atoms with Crippen molar-refractivity contribution >= 4 is 34.4 Å². The van der Waals surface area contributed by atoms with Gasteiger partial charge in [-0.15, -0.1) is 11.3 Å². The number of nitrogens with one attached hydrogen (secondary N) is 1. The summed E-state index contributed by atoms with van der Waals surface area (Å²) in [6.45, 7) is 6.06. The van der Waals surface area contributed by atoms with Crippen LogP contribution in [-0.2, 0) is 0 Å². The molecule has 0 amide bonds. The molecule has 0 aliphatic heterocycles. The van der Waals surface area contributed by atoms with E-state index in [-0.39, 0.29) is 6.04 Å². The number of thiazole rings is 1. The molecule has 96 valence electrons. The topological polar surface area (TPSA) is 63.8 Å². The number of halogens is 1. The van der Waals surface area contributed by atoms with Crippen LogP contribution in [0, 0.1) is 13.8 Å².